The summed E-state index contributed by atoms with van der Waals surface area (Å²) in [6, 6.07) is 15.3. The van der Waals surface area contributed by atoms with Gasteiger partial charge in [-0.3, -0.25) is 4.90 Å². The van der Waals surface area contributed by atoms with Crippen LogP contribution >= 0.6 is 0 Å². The Hall–Kier alpha value is -5.43. The Morgan fingerprint density at radius 3 is 2.54 bits per heavy atom. The molecule has 0 bridgehead atoms. The van der Waals surface area contributed by atoms with E-state index in [0.29, 0.717) is 37.6 Å². The maximum absolute atomic E-state index is 15.7. The van der Waals surface area contributed by atoms with Gasteiger partial charge in [0.1, 0.15) is 29.6 Å². The van der Waals surface area contributed by atoms with Crippen molar-refractivity contribution in [3.05, 3.63) is 112 Å². The zero-order valence-corrected chi connectivity index (χ0v) is 27.4. The fraction of sp³-hybridized carbons (Fsp3) is 0.297. The Balaban J connectivity index is 1.11. The number of pyridine rings is 1. The number of carbonyl (C=O) groups is 2. The van der Waals surface area contributed by atoms with Crippen LogP contribution in [0.25, 0.3) is 22.3 Å². The van der Waals surface area contributed by atoms with Crippen LogP contribution in [0, 0.1) is 17.5 Å². The third kappa shape index (κ3) is 6.60. The number of rotatable bonds is 10. The average Bonchev–Trinajstić information content (AvgIpc) is 3.68. The third-order valence-corrected chi connectivity index (χ3v) is 8.87. The SMILES string of the molecule is CCOC(=O)c1cc(F)c2nc(Cc3cc(F)c(-c4cccc(OCc5ccc6c(c5)CN(C(=O)OC)C6)n4)cc3F)n(C[C@@H]3CCO3)c2c1. The molecule has 1 atom stereocenters. The van der Waals surface area contributed by atoms with Crippen LogP contribution < -0.4 is 4.74 Å². The van der Waals surface area contributed by atoms with Gasteiger partial charge >= 0.3 is 12.1 Å². The first-order valence-corrected chi connectivity index (χ1v) is 16.2. The van der Waals surface area contributed by atoms with E-state index in [-0.39, 0.29) is 59.5 Å². The summed E-state index contributed by atoms with van der Waals surface area (Å²) < 4.78 is 69.6. The van der Waals surface area contributed by atoms with E-state index in [4.69, 9.17) is 18.9 Å². The number of carbonyl (C=O) groups excluding carboxylic acids is 2. The summed E-state index contributed by atoms with van der Waals surface area (Å²) >= 11 is 0. The van der Waals surface area contributed by atoms with Crippen LogP contribution in [0.15, 0.2) is 60.7 Å². The van der Waals surface area contributed by atoms with Crippen molar-refractivity contribution >= 4 is 23.1 Å². The molecule has 5 aromatic rings. The Morgan fingerprint density at radius 2 is 1.78 bits per heavy atom. The van der Waals surface area contributed by atoms with Gasteiger partial charge in [0.05, 0.1) is 43.1 Å². The van der Waals surface area contributed by atoms with E-state index >= 15 is 13.2 Å². The van der Waals surface area contributed by atoms with Gasteiger partial charge in [-0.2, -0.15) is 0 Å². The standard InChI is InChI=1S/C37H33F3N4O6/c1-3-48-36(45)24-13-30(40)35-32(14-24)44(19-26-9-10-49-26)33(42-35)15-23-12-29(39)27(16-28(23)38)31-5-4-6-34(41-31)50-20-21-7-8-22-17-43(37(46)47-2)18-25(22)11-21/h4-8,11-14,16,26H,3,9-10,15,17-20H2,1-2H3/t26-/m0/s1. The van der Waals surface area contributed by atoms with E-state index < -0.39 is 29.5 Å². The number of halogens is 3. The highest BCUT2D eigenvalue weighted by Crippen LogP contribution is 2.30. The number of aromatic nitrogens is 3. The molecule has 258 valence electrons. The van der Waals surface area contributed by atoms with Gasteiger partial charge in [-0.15, -0.1) is 0 Å². The molecule has 1 amide bonds. The summed E-state index contributed by atoms with van der Waals surface area (Å²) in [5.74, 6) is -2.29. The lowest BCUT2D eigenvalue weighted by atomic mass is 10.0. The number of imidazole rings is 1. The second-order valence-electron chi connectivity index (χ2n) is 12.1. The number of ether oxygens (including phenoxy) is 4. The van der Waals surface area contributed by atoms with Gasteiger partial charge in [0.25, 0.3) is 0 Å². The predicted molar refractivity (Wildman–Crippen MR) is 175 cm³/mol. The first-order valence-electron chi connectivity index (χ1n) is 16.2. The van der Waals surface area contributed by atoms with E-state index in [9.17, 15) is 9.59 Å². The molecular weight excluding hydrogens is 653 g/mol. The van der Waals surface area contributed by atoms with Gasteiger partial charge in [-0.05, 0) is 65.9 Å². The lowest BCUT2D eigenvalue weighted by Gasteiger charge is -2.27. The molecule has 0 aliphatic carbocycles. The van der Waals surface area contributed by atoms with Crippen molar-refractivity contribution in [3.63, 3.8) is 0 Å². The molecule has 2 aromatic heterocycles. The first kappa shape index (κ1) is 33.1. The topological polar surface area (TPSA) is 105 Å². The van der Waals surface area contributed by atoms with Gasteiger partial charge in [0.15, 0.2) is 5.82 Å². The molecule has 10 nitrogen and oxygen atoms in total. The molecular formula is C37H33F3N4O6. The summed E-state index contributed by atoms with van der Waals surface area (Å²) in [5.41, 5.74) is 3.38. The summed E-state index contributed by atoms with van der Waals surface area (Å²) in [6.07, 6.45) is 0.0739. The van der Waals surface area contributed by atoms with Gasteiger partial charge < -0.3 is 23.5 Å². The van der Waals surface area contributed by atoms with Gasteiger partial charge in [-0.1, -0.05) is 24.3 Å². The molecule has 1 fully saturated rings. The van der Waals surface area contributed by atoms with Crippen molar-refractivity contribution in [2.45, 2.75) is 52.1 Å². The van der Waals surface area contributed by atoms with Crippen molar-refractivity contribution in [2.24, 2.45) is 0 Å². The summed E-state index contributed by atoms with van der Waals surface area (Å²) in [5, 5.41) is 0. The number of esters is 1. The highest BCUT2D eigenvalue weighted by Gasteiger charge is 2.26. The van der Waals surface area contributed by atoms with Crippen LogP contribution in [0.4, 0.5) is 18.0 Å². The monoisotopic (exact) mass is 686 g/mol. The molecule has 0 spiro atoms. The predicted octanol–water partition coefficient (Wildman–Crippen LogP) is 6.73. The number of fused-ring (bicyclic) bond motifs is 2. The molecule has 4 heterocycles. The normalized spacial score (nSPS) is 15.1. The van der Waals surface area contributed by atoms with Crippen molar-refractivity contribution in [3.8, 4) is 17.1 Å². The van der Waals surface area contributed by atoms with Gasteiger partial charge in [0.2, 0.25) is 5.88 Å². The zero-order valence-electron chi connectivity index (χ0n) is 27.4. The van der Waals surface area contributed by atoms with Crippen molar-refractivity contribution in [1.82, 2.24) is 19.4 Å². The van der Waals surface area contributed by atoms with E-state index in [2.05, 4.69) is 9.97 Å². The van der Waals surface area contributed by atoms with E-state index in [0.717, 1.165) is 41.3 Å². The minimum Gasteiger partial charge on any atom is -0.473 e. The minimum absolute atomic E-state index is 0.00828. The van der Waals surface area contributed by atoms with E-state index in [1.807, 2.05) is 18.2 Å². The van der Waals surface area contributed by atoms with Gasteiger partial charge in [0, 0.05) is 37.7 Å². The Bertz CT molecular complexity index is 2120. The molecule has 0 saturated carbocycles. The number of hydrogen-bond donors (Lipinski definition) is 0. The highest BCUT2D eigenvalue weighted by atomic mass is 19.1. The molecule has 2 aliphatic heterocycles. The largest absolute Gasteiger partial charge is 0.473 e. The van der Waals surface area contributed by atoms with Crippen LogP contribution in [0.2, 0.25) is 0 Å². The lowest BCUT2D eigenvalue weighted by molar-refractivity contribution is -0.0589. The maximum Gasteiger partial charge on any atom is 0.410 e. The van der Waals surface area contributed by atoms with Crippen LogP contribution in [0.5, 0.6) is 5.88 Å². The van der Waals surface area contributed by atoms with Crippen LogP contribution in [-0.2, 0) is 46.9 Å². The number of nitrogens with zero attached hydrogens (tertiary/aromatic N) is 4. The highest BCUT2D eigenvalue weighted by molar-refractivity contribution is 5.94. The van der Waals surface area contributed by atoms with Crippen LogP contribution in [0.1, 0.15) is 51.8 Å². The average molecular weight is 687 g/mol. The Morgan fingerprint density at radius 1 is 0.960 bits per heavy atom. The zero-order chi connectivity index (χ0) is 34.9. The molecule has 2 aliphatic rings. The summed E-state index contributed by atoms with van der Waals surface area (Å²) in [4.78, 5) is 34.8. The Labute approximate surface area is 285 Å². The molecule has 3 aromatic carbocycles. The minimum atomic E-state index is -0.725. The summed E-state index contributed by atoms with van der Waals surface area (Å²) in [7, 11) is 1.35. The van der Waals surface area contributed by atoms with Crippen molar-refractivity contribution in [2.75, 3.05) is 20.3 Å². The van der Waals surface area contributed by atoms with Crippen LogP contribution in [0.3, 0.4) is 0 Å². The fourth-order valence-corrected chi connectivity index (χ4v) is 6.22. The van der Waals surface area contributed by atoms with Gasteiger partial charge in [-0.25, -0.2) is 32.7 Å². The third-order valence-electron chi connectivity index (χ3n) is 8.87. The number of amides is 1. The first-order chi connectivity index (χ1) is 24.2. The fourth-order valence-electron chi connectivity index (χ4n) is 6.22. The van der Waals surface area contributed by atoms with E-state index in [1.54, 1.807) is 34.6 Å². The second kappa shape index (κ2) is 13.8. The quantitative estimate of drug-likeness (QED) is 0.149. The molecule has 1 saturated heterocycles. The molecule has 0 N–H and O–H groups in total. The van der Waals surface area contributed by atoms with Crippen molar-refractivity contribution in [1.29, 1.82) is 0 Å². The lowest BCUT2D eigenvalue weighted by Crippen LogP contribution is -2.31. The molecule has 0 unspecified atom stereocenters. The van der Waals surface area contributed by atoms with Crippen molar-refractivity contribution < 1.29 is 41.7 Å². The Kier molecular flexibility index (Phi) is 9.15. The number of benzene rings is 3. The smallest absolute Gasteiger partial charge is 0.410 e. The molecule has 50 heavy (non-hydrogen) atoms. The molecule has 7 rings (SSSR count). The van der Waals surface area contributed by atoms with E-state index in [1.165, 1.54) is 13.2 Å². The number of hydrogen-bond acceptors (Lipinski definition) is 8. The van der Waals surface area contributed by atoms with Crippen LogP contribution in [-0.4, -0.2) is 57.9 Å². The molecule has 0 radical (unpaired) electrons. The molecule has 13 heteroatoms. The summed E-state index contributed by atoms with van der Waals surface area (Å²) in [6.45, 7) is 3.75. The second-order valence-corrected chi connectivity index (χ2v) is 12.1. The maximum atomic E-state index is 15.7. The number of methoxy groups -OCH3 is 1.